The molecule has 1 aliphatic carbocycles. The number of nitrogens with one attached hydrogen (secondary N) is 1. The maximum absolute atomic E-state index is 12.9. The first-order valence-corrected chi connectivity index (χ1v) is 9.81. The second kappa shape index (κ2) is 8.44. The normalized spacial score (nSPS) is 12.2. The van der Waals surface area contributed by atoms with Crippen molar-refractivity contribution in [3.63, 3.8) is 0 Å². The first kappa shape index (κ1) is 20.9. The molecule has 0 heterocycles. The van der Waals surface area contributed by atoms with Gasteiger partial charge in [-0.15, -0.1) is 0 Å². The fraction of sp³-hybridized carbons (Fsp3) is 0.160. The van der Waals surface area contributed by atoms with Crippen LogP contribution in [0.5, 0.6) is 17.2 Å². The summed E-state index contributed by atoms with van der Waals surface area (Å²) in [6.07, 6.45) is 0. The summed E-state index contributed by atoms with van der Waals surface area (Å²) in [4.78, 5) is 25.7. The number of nitrogens with zero attached hydrogens (tertiary/aromatic N) is 1. The third kappa shape index (κ3) is 3.42. The minimum atomic E-state index is -0.975. The molecule has 0 saturated carbocycles. The molecule has 1 unspecified atom stereocenters. The van der Waals surface area contributed by atoms with Gasteiger partial charge < -0.3 is 19.5 Å². The average Bonchev–Trinajstić information content (AvgIpc) is 3.12. The summed E-state index contributed by atoms with van der Waals surface area (Å²) in [6.45, 7) is 0. The number of ketones is 1. The molecule has 1 N–H and O–H groups in total. The molecule has 7 heteroatoms. The quantitative estimate of drug-likeness (QED) is 0.500. The van der Waals surface area contributed by atoms with Crippen LogP contribution in [0.3, 0.4) is 0 Å². The average molecular weight is 428 g/mol. The van der Waals surface area contributed by atoms with Crippen molar-refractivity contribution in [1.29, 1.82) is 5.26 Å². The number of fused-ring (bicyclic) bond motifs is 3. The summed E-state index contributed by atoms with van der Waals surface area (Å²) in [7, 11) is 4.43. The van der Waals surface area contributed by atoms with E-state index in [4.69, 9.17) is 14.2 Å². The summed E-state index contributed by atoms with van der Waals surface area (Å²) >= 11 is 0. The maximum atomic E-state index is 12.9. The zero-order chi connectivity index (χ0) is 22.8. The number of ether oxygens (including phenoxy) is 3. The van der Waals surface area contributed by atoms with Gasteiger partial charge in [-0.25, -0.2) is 0 Å². The van der Waals surface area contributed by atoms with Crippen molar-refractivity contribution in [1.82, 2.24) is 5.32 Å². The predicted molar refractivity (Wildman–Crippen MR) is 117 cm³/mol. The Morgan fingerprint density at radius 3 is 2.09 bits per heavy atom. The molecular weight excluding hydrogens is 408 g/mol. The molecule has 4 rings (SSSR count). The Bertz CT molecular complexity index is 1250. The number of hydrogen-bond acceptors (Lipinski definition) is 6. The standard InChI is InChI=1S/C25H20N2O5/c1-30-21-11-15(12-22(31-2)24(21)32-3)20(13-26)27-25(29)14-8-9-17-16-6-4-5-7-18(16)23(28)19(17)10-14/h4-12,20H,1-3H3,(H,27,29). The Hall–Kier alpha value is -4.31. The summed E-state index contributed by atoms with van der Waals surface area (Å²) in [6, 6.07) is 16.6. The first-order valence-electron chi connectivity index (χ1n) is 9.81. The minimum absolute atomic E-state index is 0.119. The van der Waals surface area contributed by atoms with Gasteiger partial charge in [0.1, 0.15) is 6.04 Å². The molecule has 0 radical (unpaired) electrons. The van der Waals surface area contributed by atoms with Gasteiger partial charge in [0.15, 0.2) is 17.3 Å². The molecule has 0 spiro atoms. The van der Waals surface area contributed by atoms with Gasteiger partial charge in [-0.1, -0.05) is 30.3 Å². The van der Waals surface area contributed by atoms with E-state index in [2.05, 4.69) is 11.4 Å². The molecule has 0 aliphatic heterocycles. The van der Waals surface area contributed by atoms with Crippen LogP contribution in [0.2, 0.25) is 0 Å². The van der Waals surface area contributed by atoms with E-state index in [1.165, 1.54) is 21.3 Å². The van der Waals surface area contributed by atoms with E-state index in [0.29, 0.717) is 33.9 Å². The maximum Gasteiger partial charge on any atom is 0.252 e. The van der Waals surface area contributed by atoms with Crippen LogP contribution in [-0.4, -0.2) is 33.0 Å². The topological polar surface area (TPSA) is 97.7 Å². The van der Waals surface area contributed by atoms with Crippen molar-refractivity contribution in [2.75, 3.05) is 21.3 Å². The van der Waals surface area contributed by atoms with Crippen molar-refractivity contribution in [3.05, 3.63) is 76.9 Å². The SMILES string of the molecule is COc1cc(C(C#N)NC(=O)c2ccc3c(c2)C(=O)c2ccccc2-3)cc(OC)c1OC. The molecule has 7 nitrogen and oxygen atoms in total. The summed E-state index contributed by atoms with van der Waals surface area (Å²) in [5.41, 5.74) is 3.50. The lowest BCUT2D eigenvalue weighted by Crippen LogP contribution is -2.27. The van der Waals surface area contributed by atoms with Crippen LogP contribution in [0.4, 0.5) is 0 Å². The van der Waals surface area contributed by atoms with Crippen LogP contribution in [0.1, 0.15) is 37.9 Å². The molecule has 1 aliphatic rings. The van der Waals surface area contributed by atoms with E-state index in [1.807, 2.05) is 18.2 Å². The summed E-state index contributed by atoms with van der Waals surface area (Å²) in [5.74, 6) is 0.538. The van der Waals surface area contributed by atoms with Gasteiger partial charge in [0.2, 0.25) is 5.75 Å². The number of benzene rings is 3. The summed E-state index contributed by atoms with van der Waals surface area (Å²) in [5, 5.41) is 12.4. The number of rotatable bonds is 6. The largest absolute Gasteiger partial charge is 0.493 e. The highest BCUT2D eigenvalue weighted by Gasteiger charge is 2.28. The molecule has 0 saturated heterocycles. The van der Waals surface area contributed by atoms with Gasteiger partial charge in [-0.2, -0.15) is 5.26 Å². The van der Waals surface area contributed by atoms with Crippen molar-refractivity contribution in [3.8, 4) is 34.4 Å². The Morgan fingerprint density at radius 1 is 0.875 bits per heavy atom. The molecule has 1 atom stereocenters. The van der Waals surface area contributed by atoms with E-state index in [-0.39, 0.29) is 11.3 Å². The van der Waals surface area contributed by atoms with Crippen LogP contribution in [-0.2, 0) is 0 Å². The van der Waals surface area contributed by atoms with E-state index >= 15 is 0 Å². The van der Waals surface area contributed by atoms with Crippen LogP contribution in [0, 0.1) is 11.3 Å². The van der Waals surface area contributed by atoms with Gasteiger partial charge >= 0.3 is 0 Å². The zero-order valence-electron chi connectivity index (χ0n) is 17.8. The van der Waals surface area contributed by atoms with Gasteiger partial charge in [0, 0.05) is 16.7 Å². The Balaban J connectivity index is 1.63. The van der Waals surface area contributed by atoms with Gasteiger partial charge in [-0.05, 0) is 41.0 Å². The smallest absolute Gasteiger partial charge is 0.252 e. The van der Waals surface area contributed by atoms with Gasteiger partial charge in [-0.3, -0.25) is 9.59 Å². The molecule has 3 aromatic carbocycles. The first-order chi connectivity index (χ1) is 15.5. The Morgan fingerprint density at radius 2 is 1.50 bits per heavy atom. The monoisotopic (exact) mass is 428 g/mol. The second-order valence-electron chi connectivity index (χ2n) is 7.13. The van der Waals surface area contributed by atoms with Crippen LogP contribution in [0.15, 0.2) is 54.6 Å². The van der Waals surface area contributed by atoms with E-state index in [0.717, 1.165) is 11.1 Å². The third-order valence-corrected chi connectivity index (χ3v) is 5.41. The van der Waals surface area contributed by atoms with Crippen LogP contribution < -0.4 is 19.5 Å². The lowest BCUT2D eigenvalue weighted by molar-refractivity contribution is 0.0945. The number of nitriles is 1. The summed E-state index contributed by atoms with van der Waals surface area (Å²) < 4.78 is 16.0. The molecule has 1 amide bonds. The highest BCUT2D eigenvalue weighted by Crippen LogP contribution is 2.40. The van der Waals surface area contributed by atoms with E-state index in [9.17, 15) is 14.9 Å². The number of methoxy groups -OCH3 is 3. The molecule has 160 valence electrons. The second-order valence-corrected chi connectivity index (χ2v) is 7.13. The third-order valence-electron chi connectivity index (χ3n) is 5.41. The van der Waals surface area contributed by atoms with Crippen molar-refractivity contribution in [2.45, 2.75) is 6.04 Å². The number of amides is 1. The highest BCUT2D eigenvalue weighted by molar-refractivity contribution is 6.22. The molecule has 0 aromatic heterocycles. The van der Waals surface area contributed by atoms with E-state index < -0.39 is 11.9 Å². The molecular formula is C25H20N2O5. The predicted octanol–water partition coefficient (Wildman–Crippen LogP) is 3.92. The van der Waals surface area contributed by atoms with Crippen molar-refractivity contribution < 1.29 is 23.8 Å². The molecule has 0 fully saturated rings. The van der Waals surface area contributed by atoms with Crippen molar-refractivity contribution in [2.24, 2.45) is 0 Å². The van der Waals surface area contributed by atoms with Crippen molar-refractivity contribution >= 4 is 11.7 Å². The lowest BCUT2D eigenvalue weighted by Gasteiger charge is -2.17. The Labute approximate surface area is 185 Å². The van der Waals surface area contributed by atoms with Crippen LogP contribution >= 0.6 is 0 Å². The minimum Gasteiger partial charge on any atom is -0.493 e. The number of carbonyl (C=O) groups is 2. The van der Waals surface area contributed by atoms with Crippen LogP contribution in [0.25, 0.3) is 11.1 Å². The fourth-order valence-electron chi connectivity index (χ4n) is 3.84. The zero-order valence-corrected chi connectivity index (χ0v) is 17.8. The van der Waals surface area contributed by atoms with Gasteiger partial charge in [0.05, 0.1) is 27.4 Å². The van der Waals surface area contributed by atoms with Gasteiger partial charge in [0.25, 0.3) is 5.91 Å². The number of hydrogen-bond donors (Lipinski definition) is 1. The number of carbonyl (C=O) groups excluding carboxylic acids is 2. The molecule has 0 bridgehead atoms. The highest BCUT2D eigenvalue weighted by atomic mass is 16.5. The molecule has 32 heavy (non-hydrogen) atoms. The molecule has 3 aromatic rings. The Kier molecular flexibility index (Phi) is 5.52. The van der Waals surface area contributed by atoms with E-state index in [1.54, 1.807) is 36.4 Å². The lowest BCUT2D eigenvalue weighted by atomic mass is 10.0. The fourth-order valence-corrected chi connectivity index (χ4v) is 3.84.